The fourth-order valence-corrected chi connectivity index (χ4v) is 3.02. The minimum absolute atomic E-state index is 0.232. The summed E-state index contributed by atoms with van der Waals surface area (Å²) >= 11 is 8.99. The molecule has 0 aliphatic rings. The number of benzene rings is 2. The zero-order chi connectivity index (χ0) is 14.4. The van der Waals surface area contributed by atoms with E-state index in [2.05, 4.69) is 20.9 Å². The van der Waals surface area contributed by atoms with E-state index in [4.69, 9.17) is 12.2 Å². The maximum Gasteiger partial charge on any atom is 0.182 e. The Balaban J connectivity index is 2.42. The van der Waals surface area contributed by atoms with Gasteiger partial charge in [-0.1, -0.05) is 12.1 Å². The number of nitrogens with zero attached hydrogens (tertiary/aromatic N) is 1. The van der Waals surface area contributed by atoms with Gasteiger partial charge < -0.3 is 4.98 Å². The van der Waals surface area contributed by atoms with Crippen LogP contribution in [0.25, 0.3) is 16.7 Å². The topological polar surface area (TPSA) is 20.7 Å². The number of fused-ring (bicyclic) bond motifs is 1. The van der Waals surface area contributed by atoms with Gasteiger partial charge in [-0.05, 0) is 71.3 Å². The Labute approximate surface area is 129 Å². The van der Waals surface area contributed by atoms with Gasteiger partial charge in [0.2, 0.25) is 0 Å². The largest absolute Gasteiger partial charge is 0.330 e. The van der Waals surface area contributed by atoms with Crippen molar-refractivity contribution in [2.24, 2.45) is 0 Å². The highest BCUT2D eigenvalue weighted by Gasteiger charge is 2.12. The van der Waals surface area contributed by atoms with Crippen molar-refractivity contribution in [2.45, 2.75) is 13.8 Å². The summed E-state index contributed by atoms with van der Waals surface area (Å²) in [6.07, 6.45) is 0. The zero-order valence-corrected chi connectivity index (χ0v) is 13.4. The van der Waals surface area contributed by atoms with Gasteiger partial charge >= 0.3 is 0 Å². The van der Waals surface area contributed by atoms with Crippen molar-refractivity contribution in [3.63, 3.8) is 0 Å². The first kappa shape index (κ1) is 13.5. The molecule has 1 N–H and O–H groups in total. The summed E-state index contributed by atoms with van der Waals surface area (Å²) in [5, 5.41) is 0. The number of imidazole rings is 1. The van der Waals surface area contributed by atoms with E-state index in [0.29, 0.717) is 15.9 Å². The van der Waals surface area contributed by atoms with E-state index in [9.17, 15) is 4.39 Å². The Hall–Kier alpha value is -1.46. The van der Waals surface area contributed by atoms with Crippen LogP contribution in [-0.4, -0.2) is 9.55 Å². The summed E-state index contributed by atoms with van der Waals surface area (Å²) in [5.41, 5.74) is 4.25. The summed E-state index contributed by atoms with van der Waals surface area (Å²) < 4.78 is 17.1. The van der Waals surface area contributed by atoms with Gasteiger partial charge in [0.15, 0.2) is 4.77 Å². The van der Waals surface area contributed by atoms with Crippen molar-refractivity contribution in [2.75, 3.05) is 0 Å². The van der Waals surface area contributed by atoms with Gasteiger partial charge in [-0.15, -0.1) is 0 Å². The van der Waals surface area contributed by atoms with Crippen molar-refractivity contribution in [3.8, 4) is 5.69 Å². The van der Waals surface area contributed by atoms with Crippen LogP contribution in [0, 0.1) is 24.4 Å². The third-order valence-electron chi connectivity index (χ3n) is 3.37. The lowest BCUT2D eigenvalue weighted by atomic mass is 10.2. The number of halogens is 2. The van der Waals surface area contributed by atoms with Crippen molar-refractivity contribution < 1.29 is 4.39 Å². The molecule has 3 aromatic rings. The van der Waals surface area contributed by atoms with Gasteiger partial charge in [-0.3, -0.25) is 4.57 Å². The van der Waals surface area contributed by atoms with E-state index in [-0.39, 0.29) is 5.82 Å². The quantitative estimate of drug-likeness (QED) is 0.597. The molecule has 0 spiro atoms. The number of aryl methyl sites for hydroxylation is 2. The summed E-state index contributed by atoms with van der Waals surface area (Å²) in [6, 6.07) is 9.29. The van der Waals surface area contributed by atoms with Crippen LogP contribution in [0.1, 0.15) is 11.1 Å². The zero-order valence-electron chi connectivity index (χ0n) is 11.0. The molecule has 0 bridgehead atoms. The number of H-pyrrole nitrogens is 1. The van der Waals surface area contributed by atoms with Crippen molar-refractivity contribution in [1.29, 1.82) is 0 Å². The molecule has 3 rings (SSSR count). The fourth-order valence-electron chi connectivity index (χ4n) is 2.28. The Morgan fingerprint density at radius 2 is 1.95 bits per heavy atom. The predicted molar refractivity (Wildman–Crippen MR) is 85.6 cm³/mol. The molecule has 2 nitrogen and oxygen atoms in total. The van der Waals surface area contributed by atoms with Crippen LogP contribution in [0.2, 0.25) is 0 Å². The van der Waals surface area contributed by atoms with Crippen molar-refractivity contribution >= 4 is 39.2 Å². The van der Waals surface area contributed by atoms with Crippen molar-refractivity contribution in [1.82, 2.24) is 9.55 Å². The highest BCUT2D eigenvalue weighted by Crippen LogP contribution is 2.29. The molecule has 5 heteroatoms. The van der Waals surface area contributed by atoms with Crippen LogP contribution in [0.4, 0.5) is 4.39 Å². The minimum atomic E-state index is -0.232. The molecule has 2 aromatic carbocycles. The molecule has 0 unspecified atom stereocenters. The Morgan fingerprint density at radius 3 is 2.70 bits per heavy atom. The molecule has 1 aromatic heterocycles. The van der Waals surface area contributed by atoms with Crippen LogP contribution in [-0.2, 0) is 0 Å². The molecule has 0 aliphatic heterocycles. The third-order valence-corrected chi connectivity index (χ3v) is 4.69. The Bertz CT molecular complexity index is 879. The van der Waals surface area contributed by atoms with E-state index in [1.807, 2.05) is 35.8 Å². The molecule has 20 heavy (non-hydrogen) atoms. The maximum atomic E-state index is 13.7. The van der Waals surface area contributed by atoms with Crippen LogP contribution in [0.15, 0.2) is 34.8 Å². The molecule has 0 saturated carbocycles. The van der Waals surface area contributed by atoms with Gasteiger partial charge in [-0.2, -0.15) is 0 Å². The van der Waals surface area contributed by atoms with Crippen LogP contribution in [0.3, 0.4) is 0 Å². The second-order valence-electron chi connectivity index (χ2n) is 4.79. The smallest absolute Gasteiger partial charge is 0.182 e. The minimum Gasteiger partial charge on any atom is -0.330 e. The lowest BCUT2D eigenvalue weighted by Gasteiger charge is -2.09. The van der Waals surface area contributed by atoms with Crippen LogP contribution >= 0.6 is 28.1 Å². The number of nitrogens with one attached hydrogen (secondary N) is 1. The predicted octanol–water partition coefficient (Wildman–Crippen LogP) is 5.21. The standard InChI is InChI=1S/C15H12BrFN2S/c1-8-4-3-5-12(14(8)16)19-13-6-9(2)10(17)7-11(13)18-15(19)20/h3-7H,1-2H3,(H,18,20). The van der Waals surface area contributed by atoms with E-state index in [0.717, 1.165) is 21.2 Å². The first-order valence-corrected chi connectivity index (χ1v) is 7.35. The number of aromatic nitrogens is 2. The molecule has 102 valence electrons. The monoisotopic (exact) mass is 350 g/mol. The average Bonchev–Trinajstić information content (AvgIpc) is 2.69. The Morgan fingerprint density at radius 1 is 1.20 bits per heavy atom. The number of hydrogen-bond acceptors (Lipinski definition) is 1. The molecule has 0 atom stereocenters. The molecule has 0 fully saturated rings. The van der Waals surface area contributed by atoms with E-state index in [1.165, 1.54) is 6.07 Å². The van der Waals surface area contributed by atoms with Gasteiger partial charge in [0.25, 0.3) is 0 Å². The number of rotatable bonds is 1. The van der Waals surface area contributed by atoms with Gasteiger partial charge in [-0.25, -0.2) is 4.39 Å². The molecular weight excluding hydrogens is 339 g/mol. The first-order chi connectivity index (χ1) is 9.49. The SMILES string of the molecule is Cc1cc2c(cc1F)[nH]c(=S)n2-c1cccc(C)c1Br. The summed E-state index contributed by atoms with van der Waals surface area (Å²) in [4.78, 5) is 3.06. The normalized spacial score (nSPS) is 11.2. The van der Waals surface area contributed by atoms with E-state index < -0.39 is 0 Å². The second kappa shape index (κ2) is 4.82. The van der Waals surface area contributed by atoms with E-state index in [1.54, 1.807) is 6.92 Å². The lowest BCUT2D eigenvalue weighted by Crippen LogP contribution is -1.97. The second-order valence-corrected chi connectivity index (χ2v) is 5.97. The first-order valence-electron chi connectivity index (χ1n) is 6.15. The molecule has 0 amide bonds. The highest BCUT2D eigenvalue weighted by molar-refractivity contribution is 9.10. The summed E-state index contributed by atoms with van der Waals surface area (Å²) in [7, 11) is 0. The number of aromatic amines is 1. The van der Waals surface area contributed by atoms with Gasteiger partial charge in [0.1, 0.15) is 5.82 Å². The molecule has 0 aliphatic carbocycles. The Kier molecular flexibility index (Phi) is 3.26. The number of hydrogen-bond donors (Lipinski definition) is 1. The van der Waals surface area contributed by atoms with Crippen LogP contribution in [0.5, 0.6) is 0 Å². The van der Waals surface area contributed by atoms with Gasteiger partial charge in [0.05, 0.1) is 16.7 Å². The van der Waals surface area contributed by atoms with E-state index >= 15 is 0 Å². The highest BCUT2D eigenvalue weighted by atomic mass is 79.9. The van der Waals surface area contributed by atoms with Gasteiger partial charge in [0, 0.05) is 4.47 Å². The molecule has 0 saturated heterocycles. The fraction of sp³-hybridized carbons (Fsp3) is 0.133. The molecule has 0 radical (unpaired) electrons. The molecular formula is C15H12BrFN2S. The summed E-state index contributed by atoms with van der Waals surface area (Å²) in [6.45, 7) is 3.78. The maximum absolute atomic E-state index is 13.7. The van der Waals surface area contributed by atoms with Crippen LogP contribution < -0.4 is 0 Å². The third kappa shape index (κ3) is 2.01. The average molecular weight is 351 g/mol. The summed E-state index contributed by atoms with van der Waals surface area (Å²) in [5.74, 6) is -0.232. The molecule has 1 heterocycles. The lowest BCUT2D eigenvalue weighted by molar-refractivity contribution is 0.620. The van der Waals surface area contributed by atoms with Crippen molar-refractivity contribution in [3.05, 3.63) is 56.5 Å².